The quantitative estimate of drug-likeness (QED) is 0.540. The summed E-state index contributed by atoms with van der Waals surface area (Å²) in [7, 11) is 0. The van der Waals surface area contributed by atoms with E-state index in [1.54, 1.807) is 6.08 Å². The standard InChI is InChI=1S/C18H13F2N3O2S/c1-2-7-23-17(25)12-5-3-10(8-15(12)22-18(23)26)16(24)21-11-4-6-13(19)14(20)9-11/h2-6,8-9H,1,7H2,(H,21,24)(H,22,26). The number of halogens is 2. The maximum absolute atomic E-state index is 13.2. The van der Waals surface area contributed by atoms with E-state index in [1.165, 1.54) is 28.8 Å². The fourth-order valence-electron chi connectivity index (χ4n) is 2.47. The molecular formula is C18H13F2N3O2S. The molecule has 0 fully saturated rings. The summed E-state index contributed by atoms with van der Waals surface area (Å²) in [6, 6.07) is 7.50. The van der Waals surface area contributed by atoms with Crippen molar-refractivity contribution in [3.05, 3.63) is 81.4 Å². The molecule has 0 aliphatic carbocycles. The predicted octanol–water partition coefficient (Wildman–Crippen LogP) is 3.78. The number of hydrogen-bond donors (Lipinski definition) is 2. The summed E-state index contributed by atoms with van der Waals surface area (Å²) >= 11 is 5.15. The van der Waals surface area contributed by atoms with E-state index in [0.29, 0.717) is 10.9 Å². The topological polar surface area (TPSA) is 66.9 Å². The molecule has 1 aromatic heterocycles. The Kier molecular flexibility index (Phi) is 4.77. The van der Waals surface area contributed by atoms with Crippen molar-refractivity contribution >= 4 is 34.7 Å². The van der Waals surface area contributed by atoms with Gasteiger partial charge in [0, 0.05) is 23.9 Å². The van der Waals surface area contributed by atoms with Crippen LogP contribution in [0.3, 0.4) is 0 Å². The molecular weight excluding hydrogens is 360 g/mol. The number of benzene rings is 2. The summed E-state index contributed by atoms with van der Waals surface area (Å²) in [6.07, 6.45) is 1.56. The van der Waals surface area contributed by atoms with Crippen molar-refractivity contribution in [3.63, 3.8) is 0 Å². The van der Waals surface area contributed by atoms with Crippen LogP contribution in [0, 0.1) is 16.4 Å². The molecule has 26 heavy (non-hydrogen) atoms. The molecule has 132 valence electrons. The first-order valence-corrected chi connectivity index (χ1v) is 7.95. The highest BCUT2D eigenvalue weighted by atomic mass is 32.1. The van der Waals surface area contributed by atoms with Crippen molar-refractivity contribution in [1.29, 1.82) is 0 Å². The lowest BCUT2D eigenvalue weighted by atomic mass is 10.1. The average molecular weight is 373 g/mol. The summed E-state index contributed by atoms with van der Waals surface area (Å²) in [5.74, 6) is -2.60. The molecule has 0 saturated carbocycles. The Morgan fingerprint density at radius 2 is 2.00 bits per heavy atom. The van der Waals surface area contributed by atoms with E-state index in [-0.39, 0.29) is 28.1 Å². The maximum atomic E-state index is 13.2. The Labute approximate surface area is 151 Å². The van der Waals surface area contributed by atoms with E-state index < -0.39 is 17.5 Å². The van der Waals surface area contributed by atoms with Gasteiger partial charge in [-0.15, -0.1) is 6.58 Å². The van der Waals surface area contributed by atoms with Gasteiger partial charge in [0.15, 0.2) is 16.4 Å². The van der Waals surface area contributed by atoms with E-state index >= 15 is 0 Å². The van der Waals surface area contributed by atoms with Crippen LogP contribution < -0.4 is 10.9 Å². The Morgan fingerprint density at radius 3 is 2.69 bits per heavy atom. The van der Waals surface area contributed by atoms with Gasteiger partial charge in [-0.25, -0.2) is 8.78 Å². The molecule has 2 aromatic carbocycles. The first kappa shape index (κ1) is 17.7. The Hall–Kier alpha value is -3.13. The number of carbonyl (C=O) groups is 1. The Balaban J connectivity index is 1.98. The summed E-state index contributed by atoms with van der Waals surface area (Å²) < 4.78 is 27.8. The van der Waals surface area contributed by atoms with Gasteiger partial charge in [0.25, 0.3) is 11.5 Å². The van der Waals surface area contributed by atoms with Gasteiger partial charge in [-0.1, -0.05) is 6.08 Å². The maximum Gasteiger partial charge on any atom is 0.262 e. The molecule has 3 aromatic rings. The SMILES string of the molecule is C=CCn1c(=S)[nH]c2cc(C(=O)Nc3ccc(F)c(F)c3)ccc2c1=O. The number of amides is 1. The molecule has 0 bridgehead atoms. The van der Waals surface area contributed by atoms with Gasteiger partial charge in [-0.2, -0.15) is 0 Å². The lowest BCUT2D eigenvalue weighted by Gasteiger charge is -2.08. The zero-order chi connectivity index (χ0) is 18.8. The lowest BCUT2D eigenvalue weighted by molar-refractivity contribution is 0.102. The highest BCUT2D eigenvalue weighted by Gasteiger charge is 2.11. The highest BCUT2D eigenvalue weighted by Crippen LogP contribution is 2.16. The smallest absolute Gasteiger partial charge is 0.262 e. The number of hydrogen-bond acceptors (Lipinski definition) is 3. The van der Waals surface area contributed by atoms with E-state index in [1.807, 2.05) is 0 Å². The van der Waals surface area contributed by atoms with Gasteiger partial charge in [0.2, 0.25) is 0 Å². The summed E-state index contributed by atoms with van der Waals surface area (Å²) in [5, 5.41) is 2.84. The van der Waals surface area contributed by atoms with Crippen LogP contribution in [0.4, 0.5) is 14.5 Å². The lowest BCUT2D eigenvalue weighted by Crippen LogP contribution is -2.22. The fraction of sp³-hybridized carbons (Fsp3) is 0.0556. The molecule has 0 aliphatic rings. The van der Waals surface area contributed by atoms with Crippen LogP contribution in [0.2, 0.25) is 0 Å². The summed E-state index contributed by atoms with van der Waals surface area (Å²) in [5.41, 5.74) is 0.451. The molecule has 0 aliphatic heterocycles. The summed E-state index contributed by atoms with van der Waals surface area (Å²) in [4.78, 5) is 27.7. The number of aromatic amines is 1. The second-order valence-corrected chi connectivity index (χ2v) is 5.86. The molecule has 0 atom stereocenters. The molecule has 0 spiro atoms. The third kappa shape index (κ3) is 3.31. The number of nitrogens with one attached hydrogen (secondary N) is 2. The number of rotatable bonds is 4. The second kappa shape index (κ2) is 7.01. The van der Waals surface area contributed by atoms with Gasteiger partial charge in [-0.05, 0) is 42.5 Å². The van der Waals surface area contributed by atoms with Crippen LogP contribution in [0.1, 0.15) is 10.4 Å². The zero-order valence-electron chi connectivity index (χ0n) is 13.4. The van der Waals surface area contributed by atoms with Gasteiger partial charge in [0.05, 0.1) is 10.9 Å². The van der Waals surface area contributed by atoms with Gasteiger partial charge >= 0.3 is 0 Å². The molecule has 1 amide bonds. The van der Waals surface area contributed by atoms with Crippen LogP contribution in [-0.2, 0) is 6.54 Å². The van der Waals surface area contributed by atoms with Crippen LogP contribution >= 0.6 is 12.2 Å². The Morgan fingerprint density at radius 1 is 1.23 bits per heavy atom. The monoisotopic (exact) mass is 373 g/mol. The molecule has 3 rings (SSSR count). The van der Waals surface area contributed by atoms with Crippen molar-refractivity contribution in [2.45, 2.75) is 6.54 Å². The normalized spacial score (nSPS) is 10.7. The average Bonchev–Trinajstić information content (AvgIpc) is 2.61. The minimum atomic E-state index is -1.06. The third-order valence-electron chi connectivity index (χ3n) is 3.73. The van der Waals surface area contributed by atoms with Gasteiger partial charge in [-0.3, -0.25) is 14.2 Å². The van der Waals surface area contributed by atoms with Crippen molar-refractivity contribution < 1.29 is 13.6 Å². The Bertz CT molecular complexity index is 1150. The molecule has 0 unspecified atom stereocenters. The van der Waals surface area contributed by atoms with Gasteiger partial charge in [0.1, 0.15) is 0 Å². The molecule has 2 N–H and O–H groups in total. The predicted molar refractivity (Wildman–Crippen MR) is 97.9 cm³/mol. The number of carbonyl (C=O) groups excluding carboxylic acids is 1. The second-order valence-electron chi connectivity index (χ2n) is 5.48. The fourth-order valence-corrected chi connectivity index (χ4v) is 2.74. The molecule has 8 heteroatoms. The molecule has 5 nitrogen and oxygen atoms in total. The van der Waals surface area contributed by atoms with Gasteiger partial charge < -0.3 is 10.3 Å². The van der Waals surface area contributed by atoms with E-state index in [4.69, 9.17) is 12.2 Å². The van der Waals surface area contributed by atoms with Crippen LogP contribution in [0.15, 0.2) is 53.8 Å². The number of allylic oxidation sites excluding steroid dienone is 1. The largest absolute Gasteiger partial charge is 0.332 e. The van der Waals surface area contributed by atoms with Crippen LogP contribution in [0.25, 0.3) is 10.9 Å². The number of nitrogens with zero attached hydrogens (tertiary/aromatic N) is 1. The minimum Gasteiger partial charge on any atom is -0.332 e. The third-order valence-corrected chi connectivity index (χ3v) is 4.06. The van der Waals surface area contributed by atoms with E-state index in [2.05, 4.69) is 16.9 Å². The van der Waals surface area contributed by atoms with Crippen molar-refractivity contribution in [2.24, 2.45) is 0 Å². The molecule has 0 saturated heterocycles. The first-order chi connectivity index (χ1) is 12.4. The van der Waals surface area contributed by atoms with Crippen molar-refractivity contribution in [1.82, 2.24) is 9.55 Å². The van der Waals surface area contributed by atoms with Crippen LogP contribution in [-0.4, -0.2) is 15.5 Å². The van der Waals surface area contributed by atoms with Crippen molar-refractivity contribution in [3.8, 4) is 0 Å². The molecule has 1 heterocycles. The summed E-state index contributed by atoms with van der Waals surface area (Å²) in [6.45, 7) is 3.85. The minimum absolute atomic E-state index is 0.114. The van der Waals surface area contributed by atoms with E-state index in [9.17, 15) is 18.4 Å². The van der Waals surface area contributed by atoms with Crippen molar-refractivity contribution in [2.75, 3.05) is 5.32 Å². The first-order valence-electron chi connectivity index (χ1n) is 7.55. The number of H-pyrrole nitrogens is 1. The number of fused-ring (bicyclic) bond motifs is 1. The molecule has 0 radical (unpaired) electrons. The van der Waals surface area contributed by atoms with E-state index in [0.717, 1.165) is 12.1 Å². The zero-order valence-corrected chi connectivity index (χ0v) is 14.2. The van der Waals surface area contributed by atoms with Crippen LogP contribution in [0.5, 0.6) is 0 Å². The number of aromatic nitrogens is 2. The highest BCUT2D eigenvalue weighted by molar-refractivity contribution is 7.71. The number of anilines is 1.